The van der Waals surface area contributed by atoms with Gasteiger partial charge in [-0.2, -0.15) is 0 Å². The number of carbonyl (C=O) groups is 1. The molecule has 1 N–H and O–H groups in total. The van der Waals surface area contributed by atoms with Crippen molar-refractivity contribution in [2.45, 2.75) is 6.92 Å². The van der Waals surface area contributed by atoms with Crippen LogP contribution in [0.15, 0.2) is 12.2 Å². The second-order valence-electron chi connectivity index (χ2n) is 4.38. The van der Waals surface area contributed by atoms with E-state index in [2.05, 4.69) is 11.7 Å². The van der Waals surface area contributed by atoms with Gasteiger partial charge in [0.2, 0.25) is 0 Å². The number of nitrogens with one attached hydrogen (secondary N) is 1. The number of hydrogen-bond acceptors (Lipinski definition) is 3. The highest BCUT2D eigenvalue weighted by atomic mass is 31.1. The summed E-state index contributed by atoms with van der Waals surface area (Å²) in [6.07, 6.45) is 0. The quantitative estimate of drug-likeness (QED) is 0.421. The van der Waals surface area contributed by atoms with Gasteiger partial charge in [-0.05, 0) is 6.92 Å². The fourth-order valence-electron chi connectivity index (χ4n) is 0.648. The molecule has 0 spiro atoms. The van der Waals surface area contributed by atoms with E-state index in [1.807, 2.05) is 21.1 Å². The Morgan fingerprint density at radius 2 is 2.00 bits per heavy atom. The number of nitrogens with zero attached hydrogens (tertiary/aromatic N) is 1. The van der Waals surface area contributed by atoms with Gasteiger partial charge in [0.25, 0.3) is 14.1 Å². The molecule has 0 radical (unpaired) electrons. The number of amides is 1. The van der Waals surface area contributed by atoms with Crippen molar-refractivity contribution in [2.24, 2.45) is 0 Å². The molecule has 0 saturated heterocycles. The largest absolute Gasteiger partial charge is 0.329 e. The first-order chi connectivity index (χ1) is 6.72. The summed E-state index contributed by atoms with van der Waals surface area (Å²) >= 11 is 0. The average molecular weight is 235 g/mol. The van der Waals surface area contributed by atoms with Crippen molar-refractivity contribution in [1.29, 1.82) is 0 Å². The van der Waals surface area contributed by atoms with Crippen LogP contribution in [-0.4, -0.2) is 44.7 Å². The molecule has 0 aromatic carbocycles. The molecule has 0 aliphatic heterocycles. The highest BCUT2D eigenvalue weighted by Gasteiger charge is 2.10. The molecular weight excluding hydrogens is 215 g/mol. The van der Waals surface area contributed by atoms with Crippen LogP contribution in [0.25, 0.3) is 0 Å². The lowest BCUT2D eigenvalue weighted by atomic mass is 10.3. The Kier molecular flexibility index (Phi) is 5.80. The summed E-state index contributed by atoms with van der Waals surface area (Å²) in [6, 6.07) is 0. The van der Waals surface area contributed by atoms with Crippen molar-refractivity contribution in [3.8, 4) is 0 Å². The van der Waals surface area contributed by atoms with Crippen LogP contribution in [0.1, 0.15) is 6.92 Å². The van der Waals surface area contributed by atoms with Crippen LogP contribution in [0.3, 0.4) is 0 Å². The lowest BCUT2D eigenvalue weighted by Gasteiger charge is -2.23. The summed E-state index contributed by atoms with van der Waals surface area (Å²) in [5.41, 5.74) is 0.323. The van der Waals surface area contributed by atoms with Gasteiger partial charge >= 0.3 is 0 Å². The average Bonchev–Trinajstić information content (AvgIpc) is 2.01. The van der Waals surface area contributed by atoms with Crippen molar-refractivity contribution < 1.29 is 18.4 Å². The summed E-state index contributed by atoms with van der Waals surface area (Å²) in [6.45, 7) is 6.08. The van der Waals surface area contributed by atoms with Gasteiger partial charge in [-0.3, -0.25) is 14.4 Å². The van der Waals surface area contributed by atoms with Crippen LogP contribution < -0.4 is 5.09 Å². The number of quaternary nitrogens is 1. The van der Waals surface area contributed by atoms with Gasteiger partial charge in [0, 0.05) is 5.57 Å². The maximum absolute atomic E-state index is 11.2. The zero-order chi connectivity index (χ0) is 12.1. The Morgan fingerprint density at radius 1 is 1.47 bits per heavy atom. The minimum Gasteiger partial charge on any atom is -0.329 e. The van der Waals surface area contributed by atoms with E-state index in [1.54, 1.807) is 6.92 Å². The predicted molar refractivity (Wildman–Crippen MR) is 60.8 cm³/mol. The second-order valence-corrected chi connectivity index (χ2v) is 5.50. The first-order valence-electron chi connectivity index (χ1n) is 4.66. The summed E-state index contributed by atoms with van der Waals surface area (Å²) in [7, 11) is 3.55. The van der Waals surface area contributed by atoms with Gasteiger partial charge in [-0.15, -0.1) is 0 Å². The molecule has 0 aliphatic carbocycles. The van der Waals surface area contributed by atoms with Crippen molar-refractivity contribution in [3.63, 3.8) is 0 Å². The van der Waals surface area contributed by atoms with Gasteiger partial charge in [-0.25, -0.2) is 0 Å². The molecule has 1 atom stereocenters. The molecule has 0 rings (SSSR count). The minimum atomic E-state index is -2.48. The molecule has 5 nitrogen and oxygen atoms in total. The maximum Gasteiger partial charge on any atom is 0.284 e. The van der Waals surface area contributed by atoms with Crippen LogP contribution in [0.4, 0.5) is 0 Å². The molecule has 0 aromatic heterocycles. The monoisotopic (exact) mass is 235 g/mol. The minimum absolute atomic E-state index is 0.323. The van der Waals surface area contributed by atoms with E-state index >= 15 is 0 Å². The Hall–Kier alpha value is -0.640. The van der Waals surface area contributed by atoms with E-state index in [9.17, 15) is 9.36 Å². The van der Waals surface area contributed by atoms with Crippen LogP contribution in [-0.2, 0) is 13.9 Å². The standard InChI is InChI=1S/C9H19N2O3P/c1-8(2)9(12)10-15(13)14-7-6-11(3,4)5/h15H,1,6-7H2,2-5H3/p+1. The molecule has 6 heteroatoms. The van der Waals surface area contributed by atoms with Crippen LogP contribution in [0.5, 0.6) is 0 Å². The summed E-state index contributed by atoms with van der Waals surface area (Å²) in [5, 5.41) is 2.24. The Balaban J connectivity index is 3.77. The van der Waals surface area contributed by atoms with E-state index in [0.717, 1.165) is 11.0 Å². The molecule has 0 fully saturated rings. The summed E-state index contributed by atoms with van der Waals surface area (Å²) in [4.78, 5) is 11.0. The molecule has 0 aromatic rings. The third-order valence-electron chi connectivity index (χ3n) is 1.60. The third kappa shape index (κ3) is 8.36. The van der Waals surface area contributed by atoms with Crippen LogP contribution in [0, 0.1) is 0 Å². The molecule has 0 heterocycles. The highest BCUT2D eigenvalue weighted by molar-refractivity contribution is 7.37. The molecule has 0 saturated carbocycles. The molecular formula is C9H20N2O3P+. The smallest absolute Gasteiger partial charge is 0.284 e. The zero-order valence-corrected chi connectivity index (χ0v) is 10.8. The van der Waals surface area contributed by atoms with Crippen molar-refractivity contribution in [2.75, 3.05) is 34.3 Å². The highest BCUT2D eigenvalue weighted by Crippen LogP contribution is 2.16. The van der Waals surface area contributed by atoms with E-state index < -0.39 is 14.1 Å². The van der Waals surface area contributed by atoms with Gasteiger partial charge in [0.15, 0.2) is 0 Å². The van der Waals surface area contributed by atoms with Crippen LogP contribution >= 0.6 is 8.18 Å². The van der Waals surface area contributed by atoms with E-state index in [4.69, 9.17) is 4.52 Å². The number of likely N-dealkylation sites (N-methyl/N-ethyl adjacent to an activating group) is 1. The second kappa shape index (κ2) is 6.05. The Labute approximate surface area is 91.6 Å². The number of hydrogen-bond donors (Lipinski definition) is 1. The van der Waals surface area contributed by atoms with Gasteiger partial charge < -0.3 is 9.01 Å². The van der Waals surface area contributed by atoms with E-state index in [1.165, 1.54) is 0 Å². The molecule has 1 unspecified atom stereocenters. The molecule has 88 valence electrons. The lowest BCUT2D eigenvalue weighted by molar-refractivity contribution is -0.870. The lowest BCUT2D eigenvalue weighted by Crippen LogP contribution is -2.37. The Bertz CT molecular complexity index is 271. The molecule has 0 bridgehead atoms. The van der Waals surface area contributed by atoms with E-state index in [0.29, 0.717) is 12.2 Å². The normalized spacial score (nSPS) is 13.3. The van der Waals surface area contributed by atoms with E-state index in [-0.39, 0.29) is 0 Å². The molecule has 15 heavy (non-hydrogen) atoms. The number of rotatable bonds is 6. The topological polar surface area (TPSA) is 55.4 Å². The van der Waals surface area contributed by atoms with Crippen LogP contribution in [0.2, 0.25) is 0 Å². The summed E-state index contributed by atoms with van der Waals surface area (Å²) in [5.74, 6) is -0.427. The van der Waals surface area contributed by atoms with Gasteiger partial charge in [0.05, 0.1) is 21.1 Å². The number of carbonyl (C=O) groups excluding carboxylic acids is 1. The zero-order valence-electron chi connectivity index (χ0n) is 9.79. The van der Waals surface area contributed by atoms with Crippen molar-refractivity contribution in [3.05, 3.63) is 12.2 Å². The molecule has 1 amide bonds. The third-order valence-corrected chi connectivity index (χ3v) is 2.50. The Morgan fingerprint density at radius 3 is 2.40 bits per heavy atom. The van der Waals surface area contributed by atoms with Gasteiger partial charge in [-0.1, -0.05) is 6.58 Å². The fraction of sp³-hybridized carbons (Fsp3) is 0.667. The van der Waals surface area contributed by atoms with Crippen molar-refractivity contribution >= 4 is 14.1 Å². The predicted octanol–water partition coefficient (Wildman–Crippen LogP) is 0.791. The first-order valence-corrected chi connectivity index (χ1v) is 5.98. The molecule has 0 aliphatic rings. The maximum atomic E-state index is 11.2. The van der Waals surface area contributed by atoms with Crippen molar-refractivity contribution in [1.82, 2.24) is 5.09 Å². The first kappa shape index (κ1) is 14.4. The van der Waals surface area contributed by atoms with Gasteiger partial charge in [0.1, 0.15) is 13.2 Å². The summed E-state index contributed by atoms with van der Waals surface area (Å²) < 4.78 is 16.9. The SMILES string of the molecule is C=C(C)C(=O)N[PH](=O)OCC[N+](C)(C)C. The fourth-order valence-corrected chi connectivity index (χ4v) is 1.40.